The topological polar surface area (TPSA) is 17.1 Å². The number of hydrogen-bond donors (Lipinski definition) is 0. The van der Waals surface area contributed by atoms with Crippen molar-refractivity contribution in [2.24, 2.45) is 0 Å². The van der Waals surface area contributed by atoms with E-state index in [-0.39, 0.29) is 11.7 Å². The van der Waals surface area contributed by atoms with E-state index in [1.54, 1.807) is 12.2 Å². The highest BCUT2D eigenvalue weighted by Gasteiger charge is 2.18. The quantitative estimate of drug-likeness (QED) is 0.537. The number of allylic oxidation sites excluding steroid dienone is 3. The molecule has 1 nitrogen and oxygen atoms in total. The van der Waals surface area contributed by atoms with Crippen molar-refractivity contribution < 1.29 is 4.79 Å². The standard InChI is InChI=1S/C15H18O/c1-4-9-12(3)15(16)14(5-2)13-10-7-6-8-11-13/h4,6-11,14H,1,5H2,2-3H3. The van der Waals surface area contributed by atoms with Gasteiger partial charge in [0.15, 0.2) is 5.78 Å². The van der Waals surface area contributed by atoms with E-state index in [9.17, 15) is 4.79 Å². The van der Waals surface area contributed by atoms with Gasteiger partial charge in [-0.15, -0.1) is 0 Å². The molecule has 0 saturated carbocycles. The zero-order valence-electron chi connectivity index (χ0n) is 9.94. The molecule has 84 valence electrons. The van der Waals surface area contributed by atoms with Crippen LogP contribution < -0.4 is 0 Å². The largest absolute Gasteiger partial charge is 0.294 e. The zero-order valence-corrected chi connectivity index (χ0v) is 9.94. The van der Waals surface area contributed by atoms with E-state index >= 15 is 0 Å². The van der Waals surface area contributed by atoms with Crippen LogP contribution in [-0.2, 0) is 4.79 Å². The van der Waals surface area contributed by atoms with Gasteiger partial charge in [-0.25, -0.2) is 0 Å². The number of carbonyl (C=O) groups excluding carboxylic acids is 1. The molecule has 0 bridgehead atoms. The molecule has 1 heteroatoms. The van der Waals surface area contributed by atoms with E-state index in [1.807, 2.05) is 44.2 Å². The van der Waals surface area contributed by atoms with Crippen molar-refractivity contribution >= 4 is 5.78 Å². The van der Waals surface area contributed by atoms with Crippen LogP contribution in [0.1, 0.15) is 31.7 Å². The monoisotopic (exact) mass is 214 g/mol. The number of hydrogen-bond acceptors (Lipinski definition) is 1. The van der Waals surface area contributed by atoms with Crippen LogP contribution in [0.5, 0.6) is 0 Å². The molecule has 1 aromatic rings. The maximum absolute atomic E-state index is 12.1. The molecule has 0 amide bonds. The van der Waals surface area contributed by atoms with Gasteiger partial charge in [-0.3, -0.25) is 4.79 Å². The van der Waals surface area contributed by atoms with Crippen LogP contribution in [0, 0.1) is 0 Å². The molecule has 1 aromatic carbocycles. The maximum atomic E-state index is 12.1. The summed E-state index contributed by atoms with van der Waals surface area (Å²) in [5.74, 6) is 0.158. The lowest BCUT2D eigenvalue weighted by Gasteiger charge is -2.14. The van der Waals surface area contributed by atoms with Gasteiger partial charge in [-0.2, -0.15) is 0 Å². The Hall–Kier alpha value is -1.63. The molecule has 0 saturated heterocycles. The van der Waals surface area contributed by atoms with Gasteiger partial charge in [-0.05, 0) is 24.5 Å². The second-order valence-electron chi connectivity index (χ2n) is 3.82. The summed E-state index contributed by atoms with van der Waals surface area (Å²) in [5.41, 5.74) is 1.86. The highest BCUT2D eigenvalue weighted by Crippen LogP contribution is 2.23. The molecule has 0 aliphatic heterocycles. The predicted molar refractivity (Wildman–Crippen MR) is 68.4 cm³/mol. The van der Waals surface area contributed by atoms with Gasteiger partial charge in [-0.1, -0.05) is 56.0 Å². The Balaban J connectivity index is 2.96. The summed E-state index contributed by atoms with van der Waals surface area (Å²) in [6.07, 6.45) is 4.25. The summed E-state index contributed by atoms with van der Waals surface area (Å²) >= 11 is 0. The molecule has 16 heavy (non-hydrogen) atoms. The van der Waals surface area contributed by atoms with Crippen LogP contribution in [-0.4, -0.2) is 5.78 Å². The van der Waals surface area contributed by atoms with Crippen molar-refractivity contribution in [1.82, 2.24) is 0 Å². The van der Waals surface area contributed by atoms with E-state index < -0.39 is 0 Å². The van der Waals surface area contributed by atoms with Crippen LogP contribution in [0.3, 0.4) is 0 Å². The van der Waals surface area contributed by atoms with Gasteiger partial charge in [0.2, 0.25) is 0 Å². The van der Waals surface area contributed by atoms with E-state index in [0.29, 0.717) is 0 Å². The molecule has 0 aliphatic rings. The number of Topliss-reactive ketones (excluding diaryl/α,β-unsaturated/α-hetero) is 1. The van der Waals surface area contributed by atoms with Crippen LogP contribution >= 0.6 is 0 Å². The second-order valence-corrected chi connectivity index (χ2v) is 3.82. The highest BCUT2D eigenvalue weighted by atomic mass is 16.1. The first-order valence-electron chi connectivity index (χ1n) is 5.59. The Morgan fingerprint density at radius 1 is 1.38 bits per heavy atom. The van der Waals surface area contributed by atoms with Gasteiger partial charge >= 0.3 is 0 Å². The van der Waals surface area contributed by atoms with Crippen LogP contribution in [0.15, 0.2) is 54.6 Å². The Labute approximate surface area is 97.5 Å². The second kappa shape index (κ2) is 6.06. The number of ketones is 1. The maximum Gasteiger partial charge on any atom is 0.166 e. The molecule has 0 heterocycles. The number of benzene rings is 1. The third kappa shape index (κ3) is 2.93. The first-order chi connectivity index (χ1) is 7.70. The lowest BCUT2D eigenvalue weighted by Crippen LogP contribution is -2.12. The van der Waals surface area contributed by atoms with Crippen LogP contribution in [0.2, 0.25) is 0 Å². The average molecular weight is 214 g/mol. The molecular weight excluding hydrogens is 196 g/mol. The van der Waals surface area contributed by atoms with E-state index in [2.05, 4.69) is 6.58 Å². The fraction of sp³-hybridized carbons (Fsp3) is 0.267. The Morgan fingerprint density at radius 2 is 2.00 bits per heavy atom. The molecule has 0 aromatic heterocycles. The smallest absolute Gasteiger partial charge is 0.166 e. The molecule has 0 fully saturated rings. The van der Waals surface area contributed by atoms with Crippen molar-refractivity contribution in [2.45, 2.75) is 26.2 Å². The molecule has 0 spiro atoms. The lowest BCUT2D eigenvalue weighted by molar-refractivity contribution is -0.117. The molecule has 1 rings (SSSR count). The zero-order chi connectivity index (χ0) is 12.0. The fourth-order valence-electron chi connectivity index (χ4n) is 1.79. The average Bonchev–Trinajstić information content (AvgIpc) is 2.31. The fourth-order valence-corrected chi connectivity index (χ4v) is 1.79. The molecule has 0 N–H and O–H groups in total. The first-order valence-corrected chi connectivity index (χ1v) is 5.59. The third-order valence-corrected chi connectivity index (χ3v) is 2.68. The van der Waals surface area contributed by atoms with Crippen molar-refractivity contribution in [2.75, 3.05) is 0 Å². The number of rotatable bonds is 5. The van der Waals surface area contributed by atoms with Crippen LogP contribution in [0.4, 0.5) is 0 Å². The summed E-state index contributed by atoms with van der Waals surface area (Å²) < 4.78 is 0. The summed E-state index contributed by atoms with van der Waals surface area (Å²) in [5, 5.41) is 0. The Bertz CT molecular complexity index is 387. The van der Waals surface area contributed by atoms with Gasteiger partial charge in [0, 0.05) is 5.92 Å². The minimum atomic E-state index is -0.0302. The van der Waals surface area contributed by atoms with Gasteiger partial charge < -0.3 is 0 Å². The molecule has 1 unspecified atom stereocenters. The summed E-state index contributed by atoms with van der Waals surface area (Å²) in [4.78, 5) is 12.1. The van der Waals surface area contributed by atoms with E-state index in [1.165, 1.54) is 0 Å². The van der Waals surface area contributed by atoms with Crippen molar-refractivity contribution in [3.8, 4) is 0 Å². The highest BCUT2D eigenvalue weighted by molar-refractivity contribution is 6.00. The van der Waals surface area contributed by atoms with Gasteiger partial charge in [0.1, 0.15) is 0 Å². The third-order valence-electron chi connectivity index (χ3n) is 2.68. The predicted octanol–water partition coefficient (Wildman–Crippen LogP) is 3.88. The molecule has 0 radical (unpaired) electrons. The summed E-state index contributed by atoms with van der Waals surface area (Å²) in [6, 6.07) is 9.92. The Morgan fingerprint density at radius 3 is 2.50 bits per heavy atom. The number of carbonyl (C=O) groups is 1. The molecule has 1 atom stereocenters. The van der Waals surface area contributed by atoms with Gasteiger partial charge in [0.25, 0.3) is 0 Å². The van der Waals surface area contributed by atoms with Crippen LogP contribution in [0.25, 0.3) is 0 Å². The normalized spacial score (nSPS) is 13.2. The molecular formula is C15H18O. The van der Waals surface area contributed by atoms with Gasteiger partial charge in [0.05, 0.1) is 0 Å². The minimum Gasteiger partial charge on any atom is -0.294 e. The van der Waals surface area contributed by atoms with Crippen molar-refractivity contribution in [3.63, 3.8) is 0 Å². The van der Waals surface area contributed by atoms with Crippen molar-refractivity contribution in [1.29, 1.82) is 0 Å². The van der Waals surface area contributed by atoms with Crippen molar-refractivity contribution in [3.05, 3.63) is 60.2 Å². The minimum absolute atomic E-state index is 0.0302. The Kier molecular flexibility index (Phi) is 4.71. The first kappa shape index (κ1) is 12.4. The molecule has 0 aliphatic carbocycles. The van der Waals surface area contributed by atoms with E-state index in [0.717, 1.165) is 17.6 Å². The van der Waals surface area contributed by atoms with E-state index in [4.69, 9.17) is 0 Å². The SMILES string of the molecule is C=CC=C(C)C(=O)C(CC)c1ccccc1. The lowest BCUT2D eigenvalue weighted by atomic mass is 9.89. The summed E-state index contributed by atoms with van der Waals surface area (Å²) in [7, 11) is 0. The summed E-state index contributed by atoms with van der Waals surface area (Å²) in [6.45, 7) is 7.49.